The lowest BCUT2D eigenvalue weighted by Gasteiger charge is -2.37. The van der Waals surface area contributed by atoms with Gasteiger partial charge in [0.05, 0.1) is 30.2 Å². The van der Waals surface area contributed by atoms with Gasteiger partial charge in [-0.2, -0.15) is 0 Å². The van der Waals surface area contributed by atoms with Crippen molar-refractivity contribution >= 4 is 33.4 Å². The third-order valence-corrected chi connectivity index (χ3v) is 8.82. The number of nitrogens with two attached hydrogens (primary N) is 1. The molecule has 2 aliphatic heterocycles. The number of carbonyl (C=O) groups excluding carboxylic acids is 1. The quantitative estimate of drug-likeness (QED) is 0.613. The molecule has 2 heterocycles. The van der Waals surface area contributed by atoms with E-state index < -0.39 is 9.84 Å². The average molecular weight is 477 g/mol. The number of hydrogen-bond acceptors (Lipinski definition) is 6. The molecule has 3 aliphatic rings. The zero-order valence-electron chi connectivity index (χ0n) is 19.4. The molecule has 1 aromatic carbocycles. The van der Waals surface area contributed by atoms with Crippen LogP contribution in [-0.4, -0.2) is 57.5 Å². The van der Waals surface area contributed by atoms with E-state index in [0.717, 1.165) is 61.1 Å². The van der Waals surface area contributed by atoms with Gasteiger partial charge in [-0.25, -0.2) is 13.2 Å². The minimum atomic E-state index is -3.00. The summed E-state index contributed by atoms with van der Waals surface area (Å²) in [7, 11) is -1.61. The number of amides is 1. The molecule has 0 aromatic heterocycles. The molecular formula is C24H34N3O5S+. The number of nitrogens with one attached hydrogen (secondary N) is 1. The Kier molecular flexibility index (Phi) is 7.09. The van der Waals surface area contributed by atoms with Crippen LogP contribution >= 0.6 is 0 Å². The van der Waals surface area contributed by atoms with Gasteiger partial charge in [0, 0.05) is 29.8 Å². The fourth-order valence-corrected chi connectivity index (χ4v) is 6.57. The molecule has 1 aliphatic carbocycles. The van der Waals surface area contributed by atoms with Crippen molar-refractivity contribution in [2.45, 2.75) is 70.1 Å². The fraction of sp³-hybridized carbons (Fsp3) is 0.583. The Bertz CT molecular complexity index is 1050. The number of rotatable bonds is 6. The van der Waals surface area contributed by atoms with Gasteiger partial charge in [0.2, 0.25) is 0 Å². The first-order valence-corrected chi connectivity index (χ1v) is 13.6. The Morgan fingerprint density at radius 2 is 2.00 bits per heavy atom. The summed E-state index contributed by atoms with van der Waals surface area (Å²) in [5.41, 5.74) is 3.25. The first-order chi connectivity index (χ1) is 15.8. The van der Waals surface area contributed by atoms with E-state index in [4.69, 9.17) is 14.9 Å². The first kappa shape index (κ1) is 23.8. The van der Waals surface area contributed by atoms with E-state index in [2.05, 4.69) is 0 Å². The lowest BCUT2D eigenvalue weighted by molar-refractivity contribution is -0.621. The van der Waals surface area contributed by atoms with Crippen LogP contribution in [0, 0.1) is 5.41 Å². The number of allylic oxidation sites excluding steroid dienone is 1. The highest BCUT2D eigenvalue weighted by molar-refractivity contribution is 7.91. The SMILES string of the molecule is COC(=O)N1c2ccc(C(C=N)=C[NH2+]C3CCCS(=O)(=O)C3)c(OC3CCC3)c2CCC1C. The number of quaternary nitrogens is 1. The van der Waals surface area contributed by atoms with Gasteiger partial charge in [0.1, 0.15) is 23.7 Å². The van der Waals surface area contributed by atoms with Crippen LogP contribution in [0.4, 0.5) is 10.5 Å². The lowest BCUT2D eigenvalue weighted by Crippen LogP contribution is -2.86. The van der Waals surface area contributed by atoms with Crippen molar-refractivity contribution in [3.05, 3.63) is 29.5 Å². The zero-order valence-corrected chi connectivity index (χ0v) is 20.2. The van der Waals surface area contributed by atoms with Crippen LogP contribution < -0.4 is 15.0 Å². The van der Waals surface area contributed by atoms with Crippen LogP contribution in [0.2, 0.25) is 0 Å². The molecule has 0 radical (unpaired) electrons. The van der Waals surface area contributed by atoms with Gasteiger partial charge < -0.3 is 20.2 Å². The number of methoxy groups -OCH3 is 1. The van der Waals surface area contributed by atoms with Crippen LogP contribution in [-0.2, 0) is 21.0 Å². The maximum absolute atomic E-state index is 12.5. The van der Waals surface area contributed by atoms with Crippen LogP contribution in [0.5, 0.6) is 5.75 Å². The van der Waals surface area contributed by atoms with Crippen molar-refractivity contribution in [2.75, 3.05) is 23.5 Å². The summed E-state index contributed by atoms with van der Waals surface area (Å²) in [6.07, 6.45) is 9.11. The van der Waals surface area contributed by atoms with E-state index in [1.165, 1.54) is 13.3 Å². The lowest BCUT2D eigenvalue weighted by atomic mass is 9.91. The maximum atomic E-state index is 12.5. The van der Waals surface area contributed by atoms with Crippen molar-refractivity contribution in [1.82, 2.24) is 0 Å². The molecule has 180 valence electrons. The number of carbonyl (C=O) groups is 1. The highest BCUT2D eigenvalue weighted by atomic mass is 32.2. The van der Waals surface area contributed by atoms with Crippen LogP contribution in [0.25, 0.3) is 5.57 Å². The van der Waals surface area contributed by atoms with E-state index in [-0.39, 0.29) is 35.8 Å². The van der Waals surface area contributed by atoms with Gasteiger partial charge in [-0.3, -0.25) is 4.90 Å². The van der Waals surface area contributed by atoms with Gasteiger partial charge in [-0.15, -0.1) is 0 Å². The van der Waals surface area contributed by atoms with Crippen molar-refractivity contribution in [2.24, 2.45) is 0 Å². The average Bonchev–Trinajstić information content (AvgIpc) is 2.75. The van der Waals surface area contributed by atoms with E-state index in [0.29, 0.717) is 12.0 Å². The van der Waals surface area contributed by atoms with Gasteiger partial charge in [-0.05, 0) is 57.6 Å². The fourth-order valence-electron chi connectivity index (χ4n) is 4.86. The molecule has 9 heteroatoms. The van der Waals surface area contributed by atoms with Crippen LogP contribution in [0.15, 0.2) is 18.3 Å². The van der Waals surface area contributed by atoms with E-state index in [9.17, 15) is 13.2 Å². The number of sulfone groups is 1. The highest BCUT2D eigenvalue weighted by Crippen LogP contribution is 2.42. The van der Waals surface area contributed by atoms with Crippen molar-refractivity contribution in [3.8, 4) is 5.75 Å². The summed E-state index contributed by atoms with van der Waals surface area (Å²) < 4.78 is 35.5. The van der Waals surface area contributed by atoms with E-state index >= 15 is 0 Å². The minimum Gasteiger partial charge on any atom is -0.489 e. The summed E-state index contributed by atoms with van der Waals surface area (Å²) in [5, 5.41) is 9.99. The zero-order chi connectivity index (χ0) is 23.6. The summed E-state index contributed by atoms with van der Waals surface area (Å²) in [6.45, 7) is 2.01. The monoisotopic (exact) mass is 476 g/mol. The molecule has 2 unspecified atom stereocenters. The predicted octanol–water partition coefficient (Wildman–Crippen LogP) is 2.66. The topological polar surface area (TPSA) is 113 Å². The van der Waals surface area contributed by atoms with E-state index in [1.807, 2.05) is 30.6 Å². The predicted molar refractivity (Wildman–Crippen MR) is 128 cm³/mol. The Balaban J connectivity index is 1.70. The van der Waals surface area contributed by atoms with Gasteiger partial charge in [0.15, 0.2) is 9.84 Å². The Hall–Kier alpha value is -2.39. The summed E-state index contributed by atoms with van der Waals surface area (Å²) >= 11 is 0. The molecule has 8 nitrogen and oxygen atoms in total. The third kappa shape index (κ3) is 5.09. The molecule has 4 rings (SSSR count). The van der Waals surface area contributed by atoms with Crippen molar-refractivity contribution in [3.63, 3.8) is 0 Å². The molecule has 33 heavy (non-hydrogen) atoms. The standard InChI is InChI=1S/C24H33N3O5S/c1-16-8-9-21-22(27(16)24(28)31-2)11-10-20(23(21)32-19-6-3-7-19)17(13-25)14-26-18-5-4-12-33(29,30)15-18/h10-11,13-14,16,18-19,25-26H,3-9,12,15H2,1-2H3/p+1. The Labute approximate surface area is 195 Å². The normalized spacial score (nSPS) is 25.0. The molecule has 0 bridgehead atoms. The number of benzene rings is 1. The smallest absolute Gasteiger partial charge is 0.414 e. The summed E-state index contributed by atoms with van der Waals surface area (Å²) in [4.78, 5) is 14.2. The molecule has 1 aromatic rings. The molecule has 1 amide bonds. The number of fused-ring (bicyclic) bond motifs is 1. The maximum Gasteiger partial charge on any atom is 0.414 e. The van der Waals surface area contributed by atoms with Gasteiger partial charge in [0.25, 0.3) is 0 Å². The molecule has 2 fully saturated rings. The van der Waals surface area contributed by atoms with Crippen LogP contribution in [0.1, 0.15) is 56.6 Å². The van der Waals surface area contributed by atoms with Gasteiger partial charge >= 0.3 is 6.09 Å². The number of anilines is 1. The molecular weight excluding hydrogens is 442 g/mol. The number of hydrogen-bond donors (Lipinski definition) is 2. The molecule has 1 saturated heterocycles. The Morgan fingerprint density at radius 1 is 1.21 bits per heavy atom. The molecule has 1 saturated carbocycles. The molecule has 2 atom stereocenters. The Morgan fingerprint density at radius 3 is 2.64 bits per heavy atom. The van der Waals surface area contributed by atoms with Crippen molar-refractivity contribution in [1.29, 1.82) is 5.41 Å². The van der Waals surface area contributed by atoms with Crippen LogP contribution in [0.3, 0.4) is 0 Å². The summed E-state index contributed by atoms with van der Waals surface area (Å²) in [6, 6.07) is 3.80. The van der Waals surface area contributed by atoms with Gasteiger partial charge in [-0.1, -0.05) is 0 Å². The highest BCUT2D eigenvalue weighted by Gasteiger charge is 2.34. The minimum absolute atomic E-state index is 0.0201. The largest absolute Gasteiger partial charge is 0.489 e. The van der Waals surface area contributed by atoms with Crippen molar-refractivity contribution < 1.29 is 28.0 Å². The summed E-state index contributed by atoms with van der Waals surface area (Å²) in [5.74, 6) is 1.16. The van der Waals surface area contributed by atoms with E-state index in [1.54, 1.807) is 4.90 Å². The molecule has 0 spiro atoms. The molecule has 3 N–H and O–H groups in total. The first-order valence-electron chi connectivity index (χ1n) is 11.8. The second-order valence-corrected chi connectivity index (χ2v) is 11.5. The second-order valence-electron chi connectivity index (χ2n) is 9.31. The third-order valence-electron chi connectivity index (χ3n) is 6.97. The number of nitrogens with zero attached hydrogens (tertiary/aromatic N) is 1. The second kappa shape index (κ2) is 9.85. The number of ether oxygens (including phenoxy) is 2.